The van der Waals surface area contributed by atoms with Crippen LogP contribution in [0.4, 0.5) is 0 Å². The molecule has 1 amide bonds. The standard InChI is InChI=1S/C21H27NO5/c1-25-16-6-4-15(5-7-16)12-13-22-21(24)11-10-19(23)18-9-8-17(26-2)14-20(18)27-3/h4-9,14,19,23H,10-13H2,1-3H3,(H,22,24). The van der Waals surface area contributed by atoms with Gasteiger partial charge in [0.25, 0.3) is 0 Å². The SMILES string of the molecule is COc1ccc(CCNC(=O)CCC(O)c2ccc(OC)cc2OC)cc1. The van der Waals surface area contributed by atoms with Crippen LogP contribution in [0.5, 0.6) is 17.2 Å². The lowest BCUT2D eigenvalue weighted by molar-refractivity contribution is -0.121. The van der Waals surface area contributed by atoms with Gasteiger partial charge in [-0.05, 0) is 42.7 Å². The van der Waals surface area contributed by atoms with Gasteiger partial charge in [-0.1, -0.05) is 12.1 Å². The van der Waals surface area contributed by atoms with Gasteiger partial charge in [-0.25, -0.2) is 0 Å². The molecule has 2 aromatic rings. The summed E-state index contributed by atoms with van der Waals surface area (Å²) in [7, 11) is 4.74. The highest BCUT2D eigenvalue weighted by molar-refractivity contribution is 5.75. The Morgan fingerprint density at radius 1 is 1.00 bits per heavy atom. The summed E-state index contributed by atoms with van der Waals surface area (Å²) >= 11 is 0. The van der Waals surface area contributed by atoms with Crippen LogP contribution in [-0.4, -0.2) is 38.9 Å². The molecule has 2 aromatic carbocycles. The van der Waals surface area contributed by atoms with Gasteiger partial charge in [-0.2, -0.15) is 0 Å². The van der Waals surface area contributed by atoms with Crippen LogP contribution in [0.3, 0.4) is 0 Å². The van der Waals surface area contributed by atoms with E-state index in [1.54, 1.807) is 32.4 Å². The molecule has 0 aliphatic heterocycles. The molecule has 27 heavy (non-hydrogen) atoms. The van der Waals surface area contributed by atoms with Crippen molar-refractivity contribution in [3.63, 3.8) is 0 Å². The molecular weight excluding hydrogens is 346 g/mol. The molecule has 6 nitrogen and oxygen atoms in total. The fraction of sp³-hybridized carbons (Fsp3) is 0.381. The first kappa shape index (κ1) is 20.6. The highest BCUT2D eigenvalue weighted by atomic mass is 16.5. The highest BCUT2D eigenvalue weighted by Gasteiger charge is 2.15. The number of rotatable bonds is 10. The summed E-state index contributed by atoms with van der Waals surface area (Å²) in [5, 5.41) is 13.3. The molecule has 0 fully saturated rings. The maximum atomic E-state index is 12.0. The second kappa shape index (κ2) is 10.4. The van der Waals surface area contributed by atoms with Crippen LogP contribution in [0.2, 0.25) is 0 Å². The molecule has 6 heteroatoms. The number of carbonyl (C=O) groups excluding carboxylic acids is 1. The van der Waals surface area contributed by atoms with E-state index in [2.05, 4.69) is 5.32 Å². The summed E-state index contributed by atoms with van der Waals surface area (Å²) in [5.41, 5.74) is 1.77. The minimum Gasteiger partial charge on any atom is -0.497 e. The lowest BCUT2D eigenvalue weighted by Crippen LogP contribution is -2.25. The Hall–Kier alpha value is -2.73. The van der Waals surface area contributed by atoms with E-state index in [4.69, 9.17) is 14.2 Å². The smallest absolute Gasteiger partial charge is 0.220 e. The van der Waals surface area contributed by atoms with Crippen molar-refractivity contribution < 1.29 is 24.1 Å². The van der Waals surface area contributed by atoms with E-state index in [-0.39, 0.29) is 12.3 Å². The van der Waals surface area contributed by atoms with Crippen LogP contribution in [0.1, 0.15) is 30.1 Å². The number of aliphatic hydroxyl groups is 1. The number of benzene rings is 2. The first-order valence-electron chi connectivity index (χ1n) is 8.87. The average molecular weight is 373 g/mol. The Morgan fingerprint density at radius 3 is 2.30 bits per heavy atom. The van der Waals surface area contributed by atoms with Gasteiger partial charge >= 0.3 is 0 Å². The molecule has 2 rings (SSSR count). The van der Waals surface area contributed by atoms with Crippen LogP contribution in [-0.2, 0) is 11.2 Å². The molecule has 0 radical (unpaired) electrons. The zero-order valence-corrected chi connectivity index (χ0v) is 16.0. The Labute approximate surface area is 160 Å². The maximum absolute atomic E-state index is 12.0. The summed E-state index contributed by atoms with van der Waals surface area (Å²) < 4.78 is 15.6. The van der Waals surface area contributed by atoms with Crippen molar-refractivity contribution in [1.29, 1.82) is 0 Å². The number of nitrogens with one attached hydrogen (secondary N) is 1. The van der Waals surface area contributed by atoms with E-state index >= 15 is 0 Å². The molecule has 1 unspecified atom stereocenters. The number of carbonyl (C=O) groups is 1. The van der Waals surface area contributed by atoms with Gasteiger partial charge in [-0.3, -0.25) is 4.79 Å². The van der Waals surface area contributed by atoms with Crippen molar-refractivity contribution in [2.24, 2.45) is 0 Å². The number of hydrogen-bond donors (Lipinski definition) is 2. The fourth-order valence-electron chi connectivity index (χ4n) is 2.74. The lowest BCUT2D eigenvalue weighted by Gasteiger charge is -2.15. The van der Waals surface area contributed by atoms with Crippen molar-refractivity contribution in [1.82, 2.24) is 5.32 Å². The minimum absolute atomic E-state index is 0.0879. The van der Waals surface area contributed by atoms with Gasteiger partial charge in [0, 0.05) is 24.6 Å². The first-order valence-corrected chi connectivity index (χ1v) is 8.87. The zero-order chi connectivity index (χ0) is 19.6. The third-order valence-corrected chi connectivity index (χ3v) is 4.34. The first-order chi connectivity index (χ1) is 13.1. The quantitative estimate of drug-likeness (QED) is 0.670. The fourth-order valence-corrected chi connectivity index (χ4v) is 2.74. The van der Waals surface area contributed by atoms with Gasteiger partial charge in [0.1, 0.15) is 17.2 Å². The van der Waals surface area contributed by atoms with Crippen molar-refractivity contribution in [3.8, 4) is 17.2 Å². The summed E-state index contributed by atoms with van der Waals surface area (Å²) in [4.78, 5) is 12.0. The molecule has 0 aromatic heterocycles. The molecular formula is C21H27NO5. The predicted molar refractivity (Wildman–Crippen MR) is 103 cm³/mol. The molecule has 1 atom stereocenters. The summed E-state index contributed by atoms with van der Waals surface area (Å²) in [6, 6.07) is 13.0. The number of hydrogen-bond acceptors (Lipinski definition) is 5. The predicted octanol–water partition coefficient (Wildman–Crippen LogP) is 2.88. The van der Waals surface area contributed by atoms with Gasteiger partial charge in [0.15, 0.2) is 0 Å². The van der Waals surface area contributed by atoms with Crippen molar-refractivity contribution in [2.75, 3.05) is 27.9 Å². The van der Waals surface area contributed by atoms with E-state index < -0.39 is 6.10 Å². The Morgan fingerprint density at radius 2 is 1.67 bits per heavy atom. The van der Waals surface area contributed by atoms with Crippen molar-refractivity contribution >= 4 is 5.91 Å². The number of methoxy groups -OCH3 is 3. The van der Waals surface area contributed by atoms with Crippen LogP contribution >= 0.6 is 0 Å². The van der Waals surface area contributed by atoms with E-state index in [1.165, 1.54) is 7.11 Å². The number of aliphatic hydroxyl groups excluding tert-OH is 1. The van der Waals surface area contributed by atoms with Crippen molar-refractivity contribution in [3.05, 3.63) is 53.6 Å². The molecule has 0 heterocycles. The van der Waals surface area contributed by atoms with E-state index in [9.17, 15) is 9.90 Å². The van der Waals surface area contributed by atoms with Crippen LogP contribution < -0.4 is 19.5 Å². The topological polar surface area (TPSA) is 77.0 Å². The highest BCUT2D eigenvalue weighted by Crippen LogP contribution is 2.31. The Kier molecular flexibility index (Phi) is 7.95. The van der Waals surface area contributed by atoms with E-state index in [0.29, 0.717) is 30.0 Å². The zero-order valence-electron chi connectivity index (χ0n) is 16.0. The second-order valence-electron chi connectivity index (χ2n) is 6.11. The largest absolute Gasteiger partial charge is 0.497 e. The van der Waals surface area contributed by atoms with Crippen LogP contribution in [0.25, 0.3) is 0 Å². The van der Waals surface area contributed by atoms with Gasteiger partial charge in [0.05, 0.1) is 27.4 Å². The second-order valence-corrected chi connectivity index (χ2v) is 6.11. The molecule has 146 valence electrons. The molecule has 0 saturated carbocycles. The van der Waals surface area contributed by atoms with Gasteiger partial charge in [0.2, 0.25) is 5.91 Å². The summed E-state index contributed by atoms with van der Waals surface area (Å²) in [5.74, 6) is 1.92. The summed E-state index contributed by atoms with van der Waals surface area (Å²) in [6.07, 6.45) is 0.513. The monoisotopic (exact) mass is 373 g/mol. The Bertz CT molecular complexity index is 730. The number of amides is 1. The normalized spacial score (nSPS) is 11.6. The van der Waals surface area contributed by atoms with E-state index in [1.807, 2.05) is 24.3 Å². The molecule has 0 aliphatic carbocycles. The maximum Gasteiger partial charge on any atom is 0.220 e. The van der Waals surface area contributed by atoms with Crippen LogP contribution in [0, 0.1) is 0 Å². The van der Waals surface area contributed by atoms with Gasteiger partial charge in [-0.15, -0.1) is 0 Å². The average Bonchev–Trinajstić information content (AvgIpc) is 2.71. The molecule has 0 saturated heterocycles. The van der Waals surface area contributed by atoms with Gasteiger partial charge < -0.3 is 24.6 Å². The third-order valence-electron chi connectivity index (χ3n) is 4.34. The minimum atomic E-state index is -0.779. The molecule has 2 N–H and O–H groups in total. The number of ether oxygens (including phenoxy) is 3. The molecule has 0 spiro atoms. The lowest BCUT2D eigenvalue weighted by atomic mass is 10.0. The summed E-state index contributed by atoms with van der Waals surface area (Å²) in [6.45, 7) is 0.549. The van der Waals surface area contributed by atoms with Crippen LogP contribution in [0.15, 0.2) is 42.5 Å². The Balaban J connectivity index is 1.77. The molecule has 0 bridgehead atoms. The molecule has 0 aliphatic rings. The van der Waals surface area contributed by atoms with Crippen molar-refractivity contribution in [2.45, 2.75) is 25.4 Å². The van der Waals surface area contributed by atoms with E-state index in [0.717, 1.165) is 17.7 Å². The third kappa shape index (κ3) is 6.18.